The smallest absolute Gasteiger partial charge is 0.263 e. The minimum absolute atomic E-state index is 0.246. The lowest BCUT2D eigenvalue weighted by Gasteiger charge is -2.32. The lowest BCUT2D eigenvalue weighted by Crippen LogP contribution is -2.37. The summed E-state index contributed by atoms with van der Waals surface area (Å²) in [6.45, 7) is 4.34. The molecule has 0 radical (unpaired) electrons. The van der Waals surface area contributed by atoms with Crippen LogP contribution in [-0.4, -0.2) is 38.8 Å². The van der Waals surface area contributed by atoms with Gasteiger partial charge >= 0.3 is 0 Å². The fraction of sp³-hybridized carbons (Fsp3) is 0.571. The van der Waals surface area contributed by atoms with Crippen molar-refractivity contribution in [2.45, 2.75) is 25.9 Å². The number of nitrogens with zero attached hydrogens (tertiary/aromatic N) is 2. The van der Waals surface area contributed by atoms with Crippen molar-refractivity contribution in [1.29, 1.82) is 5.26 Å². The number of rotatable bonds is 4. The Bertz CT molecular complexity index is 556. The summed E-state index contributed by atoms with van der Waals surface area (Å²) in [7, 11) is 1.56. The van der Waals surface area contributed by atoms with E-state index in [0.29, 0.717) is 10.4 Å². The first-order valence-electron chi connectivity index (χ1n) is 7.03. The van der Waals surface area contributed by atoms with Crippen molar-refractivity contribution in [2.24, 2.45) is 0 Å². The first-order chi connectivity index (χ1) is 10.1. The highest BCUT2D eigenvalue weighted by Gasteiger charge is 2.27. The fourth-order valence-electron chi connectivity index (χ4n) is 2.51. The third-order valence-electron chi connectivity index (χ3n) is 3.60. The maximum absolute atomic E-state index is 11.8. The normalized spacial score (nSPS) is 15.8. The van der Waals surface area contributed by atoms with Gasteiger partial charge in [-0.1, -0.05) is 0 Å². The van der Waals surface area contributed by atoms with E-state index in [2.05, 4.69) is 16.3 Å². The molecule has 2 rings (SSSR count). The molecule has 0 unspecified atom stereocenters. The second kappa shape index (κ2) is 6.78. The summed E-state index contributed by atoms with van der Waals surface area (Å²) in [6, 6.07) is 2.13. The molecule has 0 saturated carbocycles. The second-order valence-corrected chi connectivity index (χ2v) is 5.86. The molecule has 0 aliphatic carbocycles. The molecule has 1 amide bonds. The molecule has 1 aliphatic heterocycles. The van der Waals surface area contributed by atoms with Crippen LogP contribution in [0.5, 0.6) is 0 Å². The van der Waals surface area contributed by atoms with E-state index < -0.39 is 0 Å². The number of piperidine rings is 1. The summed E-state index contributed by atoms with van der Waals surface area (Å²) in [4.78, 5) is 14.3. The van der Waals surface area contributed by atoms with E-state index in [-0.39, 0.29) is 17.7 Å². The van der Waals surface area contributed by atoms with Crippen molar-refractivity contribution < 1.29 is 9.53 Å². The van der Waals surface area contributed by atoms with Crippen LogP contribution in [0, 0.1) is 11.3 Å². The van der Waals surface area contributed by atoms with Gasteiger partial charge in [0.05, 0.1) is 11.8 Å². The Balaban J connectivity index is 2.21. The summed E-state index contributed by atoms with van der Waals surface area (Å²) < 4.78 is 5.63. The number of hydrogen-bond donors (Lipinski definition) is 2. The Labute approximate surface area is 128 Å². The van der Waals surface area contributed by atoms with Gasteiger partial charge in [0.2, 0.25) is 0 Å². The molecule has 0 bridgehead atoms. The van der Waals surface area contributed by atoms with Gasteiger partial charge in [0.15, 0.2) is 0 Å². The highest BCUT2D eigenvalue weighted by atomic mass is 32.1. The van der Waals surface area contributed by atoms with Crippen LogP contribution in [0.2, 0.25) is 0 Å². The predicted octanol–water partition coefficient (Wildman–Crippen LogP) is 1.57. The molecule has 1 aromatic heterocycles. The Hall–Kier alpha value is -1.78. The zero-order chi connectivity index (χ0) is 15.4. The third kappa shape index (κ3) is 3.12. The number of carbonyl (C=O) groups is 1. The van der Waals surface area contributed by atoms with Crippen LogP contribution < -0.4 is 16.0 Å². The Morgan fingerprint density at radius 3 is 2.76 bits per heavy atom. The van der Waals surface area contributed by atoms with Crippen molar-refractivity contribution in [1.82, 2.24) is 5.32 Å². The van der Waals surface area contributed by atoms with E-state index in [1.54, 1.807) is 7.05 Å². The quantitative estimate of drug-likeness (QED) is 0.881. The van der Waals surface area contributed by atoms with Gasteiger partial charge < -0.3 is 20.7 Å². The Morgan fingerprint density at radius 2 is 2.24 bits per heavy atom. The van der Waals surface area contributed by atoms with Gasteiger partial charge in [0.25, 0.3) is 5.91 Å². The van der Waals surface area contributed by atoms with E-state index in [1.807, 2.05) is 6.92 Å². The maximum Gasteiger partial charge on any atom is 0.263 e. The topological polar surface area (TPSA) is 91.4 Å². The largest absolute Gasteiger partial charge is 0.396 e. The molecule has 7 heteroatoms. The Morgan fingerprint density at radius 1 is 1.57 bits per heavy atom. The van der Waals surface area contributed by atoms with Crippen LogP contribution in [0.4, 0.5) is 10.7 Å². The zero-order valence-electron chi connectivity index (χ0n) is 12.3. The van der Waals surface area contributed by atoms with Crippen molar-refractivity contribution in [3.05, 3.63) is 10.4 Å². The summed E-state index contributed by atoms with van der Waals surface area (Å²) >= 11 is 1.29. The average molecular weight is 308 g/mol. The molecule has 1 aromatic rings. The number of nitriles is 1. The SMILES string of the molecule is CCOC1CCN(c2sc(C(=O)NC)c(N)c2C#N)CC1. The van der Waals surface area contributed by atoms with Crippen LogP contribution in [-0.2, 0) is 4.74 Å². The van der Waals surface area contributed by atoms with Crippen molar-refractivity contribution >= 4 is 27.9 Å². The number of carbonyl (C=O) groups excluding carboxylic acids is 1. The number of nitrogens with one attached hydrogen (secondary N) is 1. The van der Waals surface area contributed by atoms with E-state index in [9.17, 15) is 10.1 Å². The second-order valence-electron chi connectivity index (χ2n) is 4.86. The monoisotopic (exact) mass is 308 g/mol. The predicted molar refractivity (Wildman–Crippen MR) is 83.7 cm³/mol. The van der Waals surface area contributed by atoms with Crippen molar-refractivity contribution in [2.75, 3.05) is 37.4 Å². The van der Waals surface area contributed by atoms with Crippen LogP contribution in [0.15, 0.2) is 0 Å². The average Bonchev–Trinajstić information content (AvgIpc) is 2.84. The van der Waals surface area contributed by atoms with Gasteiger partial charge in [0, 0.05) is 26.7 Å². The number of anilines is 2. The molecule has 1 saturated heterocycles. The third-order valence-corrected chi connectivity index (χ3v) is 4.87. The van der Waals surface area contributed by atoms with Crippen molar-refractivity contribution in [3.8, 4) is 6.07 Å². The van der Waals surface area contributed by atoms with Crippen molar-refractivity contribution in [3.63, 3.8) is 0 Å². The maximum atomic E-state index is 11.8. The minimum Gasteiger partial charge on any atom is -0.396 e. The molecule has 0 aromatic carbocycles. The molecule has 6 nitrogen and oxygen atoms in total. The van der Waals surface area contributed by atoms with Gasteiger partial charge in [-0.15, -0.1) is 11.3 Å². The molecule has 0 spiro atoms. The van der Waals surface area contributed by atoms with Gasteiger partial charge in [0.1, 0.15) is 21.5 Å². The molecule has 1 aliphatic rings. The molecule has 2 heterocycles. The molecule has 21 heavy (non-hydrogen) atoms. The molecule has 0 atom stereocenters. The first kappa shape index (κ1) is 15.6. The Kier molecular flexibility index (Phi) is 5.04. The van der Waals surface area contributed by atoms with E-state index in [4.69, 9.17) is 10.5 Å². The number of thiophene rings is 1. The molecular formula is C14H20N4O2S. The minimum atomic E-state index is -0.246. The van der Waals surface area contributed by atoms with E-state index in [0.717, 1.165) is 37.5 Å². The van der Waals surface area contributed by atoms with E-state index in [1.165, 1.54) is 11.3 Å². The number of hydrogen-bond acceptors (Lipinski definition) is 6. The van der Waals surface area contributed by atoms with E-state index >= 15 is 0 Å². The lowest BCUT2D eigenvalue weighted by atomic mass is 10.1. The molecule has 1 fully saturated rings. The molecular weight excluding hydrogens is 288 g/mol. The lowest BCUT2D eigenvalue weighted by molar-refractivity contribution is 0.0460. The summed E-state index contributed by atoms with van der Waals surface area (Å²) in [5, 5.41) is 12.7. The van der Waals surface area contributed by atoms with Gasteiger partial charge in [-0.2, -0.15) is 5.26 Å². The summed E-state index contributed by atoms with van der Waals surface area (Å²) in [6.07, 6.45) is 2.13. The fourth-order valence-corrected chi connectivity index (χ4v) is 3.68. The van der Waals surface area contributed by atoms with Crippen LogP contribution in [0.1, 0.15) is 35.0 Å². The number of nitrogen functional groups attached to an aromatic ring is 1. The van der Waals surface area contributed by atoms with Gasteiger partial charge in [-0.05, 0) is 19.8 Å². The first-order valence-corrected chi connectivity index (χ1v) is 7.85. The standard InChI is InChI=1S/C14H20N4O2S/c1-3-20-9-4-6-18(7-5-9)14-10(8-15)11(16)12(21-14)13(19)17-2/h9H,3-7,16H2,1-2H3,(H,17,19). The number of amides is 1. The van der Waals surface area contributed by atoms with Gasteiger partial charge in [-0.25, -0.2) is 0 Å². The zero-order valence-corrected chi connectivity index (χ0v) is 13.1. The number of nitrogens with two attached hydrogens (primary N) is 1. The summed E-state index contributed by atoms with van der Waals surface area (Å²) in [5.74, 6) is -0.246. The molecule has 3 N–H and O–H groups in total. The van der Waals surface area contributed by atoms with Crippen LogP contribution in [0.3, 0.4) is 0 Å². The molecule has 114 valence electrons. The highest BCUT2D eigenvalue weighted by Crippen LogP contribution is 2.39. The van der Waals surface area contributed by atoms with Gasteiger partial charge in [-0.3, -0.25) is 4.79 Å². The van der Waals surface area contributed by atoms with Crippen LogP contribution >= 0.6 is 11.3 Å². The number of ether oxygens (including phenoxy) is 1. The summed E-state index contributed by atoms with van der Waals surface area (Å²) in [5.41, 5.74) is 6.64. The van der Waals surface area contributed by atoms with Crippen LogP contribution in [0.25, 0.3) is 0 Å². The highest BCUT2D eigenvalue weighted by molar-refractivity contribution is 7.19.